The Morgan fingerprint density at radius 2 is 1.52 bits per heavy atom. The van der Waals surface area contributed by atoms with Crippen LogP contribution in [0, 0.1) is 12.3 Å². The number of fused-ring (bicyclic) bond motifs is 2. The summed E-state index contributed by atoms with van der Waals surface area (Å²) in [6.07, 6.45) is 0.478. The van der Waals surface area contributed by atoms with Crippen LogP contribution in [0.2, 0.25) is 0 Å². The number of aryl methyl sites for hydroxylation is 1. The first-order valence-electron chi connectivity index (χ1n) is 16.3. The number of anilines is 2. The fraction of sp³-hybridized carbons (Fsp3) is 0.333. The van der Waals surface area contributed by atoms with E-state index in [0.717, 1.165) is 11.1 Å². The second-order valence-corrected chi connectivity index (χ2v) is 13.1. The minimum atomic E-state index is -1.92. The van der Waals surface area contributed by atoms with Crippen LogP contribution in [0.15, 0.2) is 95.2 Å². The molecule has 1 unspecified atom stereocenters. The van der Waals surface area contributed by atoms with Gasteiger partial charge in [0.25, 0.3) is 5.91 Å². The first-order valence-corrected chi connectivity index (χ1v) is 16.3. The summed E-state index contributed by atoms with van der Waals surface area (Å²) in [5, 5.41) is 0. The summed E-state index contributed by atoms with van der Waals surface area (Å²) in [6, 6.07) is 22.4. The van der Waals surface area contributed by atoms with Gasteiger partial charge < -0.3 is 24.0 Å². The molecule has 3 aromatic carbocycles. The largest absolute Gasteiger partial charge is 0.497 e. The van der Waals surface area contributed by atoms with Gasteiger partial charge in [-0.15, -0.1) is 0 Å². The smallest absolute Gasteiger partial charge is 0.339 e. The van der Waals surface area contributed by atoms with Gasteiger partial charge in [-0.25, -0.2) is 9.59 Å². The molecule has 1 spiro atoms. The molecule has 1 aliphatic carbocycles. The zero-order chi connectivity index (χ0) is 34.4. The number of carbonyl (C=O) groups is 4. The van der Waals surface area contributed by atoms with Crippen molar-refractivity contribution in [2.24, 2.45) is 5.41 Å². The Hall–Kier alpha value is -5.18. The van der Waals surface area contributed by atoms with E-state index in [0.29, 0.717) is 34.8 Å². The molecule has 0 saturated heterocycles. The maximum atomic E-state index is 15.7. The topological polar surface area (TPSA) is 102 Å². The maximum Gasteiger partial charge on any atom is 0.339 e. The number of benzene rings is 3. The van der Waals surface area contributed by atoms with Crippen LogP contribution >= 0.6 is 0 Å². The zero-order valence-electron chi connectivity index (χ0n) is 28.2. The van der Waals surface area contributed by atoms with Gasteiger partial charge in [-0.2, -0.15) is 0 Å². The number of methoxy groups -OCH3 is 1. The number of nitrogens with zero attached hydrogens (tertiary/aromatic N) is 2. The monoisotopic (exact) mass is 648 g/mol. The summed E-state index contributed by atoms with van der Waals surface area (Å²) < 4.78 is 16.7. The van der Waals surface area contributed by atoms with Crippen LogP contribution in [0.25, 0.3) is 0 Å². The Morgan fingerprint density at radius 3 is 2.17 bits per heavy atom. The van der Waals surface area contributed by atoms with E-state index < -0.39 is 28.8 Å². The number of ether oxygens (including phenoxy) is 3. The number of hydrogen-bond donors (Lipinski definition) is 0. The van der Waals surface area contributed by atoms with E-state index in [4.69, 9.17) is 14.2 Å². The molecule has 0 radical (unpaired) electrons. The van der Waals surface area contributed by atoms with Crippen LogP contribution in [0.4, 0.5) is 11.4 Å². The van der Waals surface area contributed by atoms with Crippen molar-refractivity contribution < 1.29 is 33.4 Å². The van der Waals surface area contributed by atoms with Gasteiger partial charge in [0.15, 0.2) is 11.3 Å². The van der Waals surface area contributed by atoms with Crippen molar-refractivity contribution in [2.75, 3.05) is 30.1 Å². The van der Waals surface area contributed by atoms with Crippen molar-refractivity contribution in [3.05, 3.63) is 112 Å². The molecule has 2 heterocycles. The molecule has 1 atom stereocenters. The Morgan fingerprint density at radius 1 is 0.854 bits per heavy atom. The van der Waals surface area contributed by atoms with Crippen molar-refractivity contribution in [3.8, 4) is 5.75 Å². The van der Waals surface area contributed by atoms with E-state index in [1.807, 2.05) is 69.3 Å². The third-order valence-corrected chi connectivity index (χ3v) is 9.18. The summed E-state index contributed by atoms with van der Waals surface area (Å²) in [5.41, 5.74) is 1.03. The highest BCUT2D eigenvalue weighted by Crippen LogP contribution is 2.59. The molecular formula is C39H40N2O7. The number of amides is 1. The standard InChI is InChI=1S/C39H40N2O7/c1-7-47-35(43)33-32-30(21-38(4,5)22-31(32)42)41(26-15-17-27(46-6)18-16-26)39(34(33)36(44)48-8-2)28-20-24(3)14-19-29(28)40(37(39)45)23-25-12-10-9-11-13-25/h9-20H,7-8,21-23H2,1-6H3. The Labute approximate surface area is 280 Å². The lowest BCUT2D eigenvalue weighted by atomic mass is 9.66. The van der Waals surface area contributed by atoms with Crippen LogP contribution < -0.4 is 14.5 Å². The quantitative estimate of drug-likeness (QED) is 0.261. The predicted molar refractivity (Wildman–Crippen MR) is 181 cm³/mol. The number of allylic oxidation sites excluding steroid dienone is 1. The van der Waals surface area contributed by atoms with Crippen molar-refractivity contribution in [1.29, 1.82) is 0 Å². The number of carbonyl (C=O) groups excluding carboxylic acids is 4. The summed E-state index contributed by atoms with van der Waals surface area (Å²) in [5.74, 6) is -1.89. The average Bonchev–Trinajstić information content (AvgIpc) is 3.27. The van der Waals surface area contributed by atoms with E-state index in [2.05, 4.69) is 0 Å². The van der Waals surface area contributed by atoms with Gasteiger partial charge in [0.05, 0.1) is 49.3 Å². The molecule has 0 saturated carbocycles. The number of ketones is 1. The second-order valence-electron chi connectivity index (χ2n) is 13.1. The number of rotatable bonds is 8. The molecule has 3 aliphatic rings. The van der Waals surface area contributed by atoms with Crippen LogP contribution in [0.1, 0.15) is 57.2 Å². The van der Waals surface area contributed by atoms with Crippen LogP contribution in [-0.4, -0.2) is 44.0 Å². The lowest BCUT2D eigenvalue weighted by molar-refractivity contribution is -0.143. The molecule has 1 amide bonds. The van der Waals surface area contributed by atoms with Gasteiger partial charge in [-0.05, 0) is 68.5 Å². The molecular weight excluding hydrogens is 608 g/mol. The van der Waals surface area contributed by atoms with Crippen molar-refractivity contribution in [3.63, 3.8) is 0 Å². The highest BCUT2D eigenvalue weighted by atomic mass is 16.5. The molecule has 6 rings (SSSR count). The summed E-state index contributed by atoms with van der Waals surface area (Å²) >= 11 is 0. The molecule has 0 aromatic heterocycles. The van der Waals surface area contributed by atoms with Crippen molar-refractivity contribution in [2.45, 2.75) is 59.5 Å². The highest BCUT2D eigenvalue weighted by molar-refractivity contribution is 6.24. The first-order chi connectivity index (χ1) is 23.0. The van der Waals surface area contributed by atoms with Gasteiger partial charge in [0, 0.05) is 23.4 Å². The Balaban J connectivity index is 1.79. The SMILES string of the molecule is CCOC(=O)C1=C(C(=O)OCC)C2(C(=O)N(Cc3ccccc3)c3ccc(C)cc32)N(c2ccc(OC)cc2)C2=C1C(=O)CC(C)(C)C2. The van der Waals surface area contributed by atoms with Crippen LogP contribution in [0.3, 0.4) is 0 Å². The maximum absolute atomic E-state index is 15.7. The molecule has 48 heavy (non-hydrogen) atoms. The lowest BCUT2D eigenvalue weighted by Crippen LogP contribution is -2.60. The fourth-order valence-electron chi connectivity index (χ4n) is 7.30. The molecule has 2 aliphatic heterocycles. The fourth-order valence-corrected chi connectivity index (χ4v) is 7.30. The summed E-state index contributed by atoms with van der Waals surface area (Å²) in [7, 11) is 1.56. The highest BCUT2D eigenvalue weighted by Gasteiger charge is 2.65. The van der Waals surface area contributed by atoms with E-state index in [1.54, 1.807) is 55.0 Å². The number of Topliss-reactive ketones (excluding diaryl/α,β-unsaturated/α-hetero) is 1. The molecule has 0 fully saturated rings. The average molecular weight is 649 g/mol. The zero-order valence-corrected chi connectivity index (χ0v) is 28.2. The molecule has 9 nitrogen and oxygen atoms in total. The second kappa shape index (κ2) is 12.4. The predicted octanol–water partition coefficient (Wildman–Crippen LogP) is 6.33. The molecule has 0 N–H and O–H groups in total. The molecule has 0 bridgehead atoms. The number of hydrogen-bond acceptors (Lipinski definition) is 8. The Bertz CT molecular complexity index is 1870. The van der Waals surface area contributed by atoms with Crippen molar-refractivity contribution in [1.82, 2.24) is 0 Å². The summed E-state index contributed by atoms with van der Waals surface area (Å²) in [4.78, 5) is 62.1. The minimum absolute atomic E-state index is 0.000294. The third kappa shape index (κ3) is 5.18. The third-order valence-electron chi connectivity index (χ3n) is 9.18. The Kier molecular flexibility index (Phi) is 8.49. The van der Waals surface area contributed by atoms with Gasteiger partial charge in [0.2, 0.25) is 0 Å². The summed E-state index contributed by atoms with van der Waals surface area (Å²) in [6.45, 7) is 9.39. The molecule has 3 aromatic rings. The van der Waals surface area contributed by atoms with Gasteiger partial charge >= 0.3 is 11.9 Å². The van der Waals surface area contributed by atoms with Crippen LogP contribution in [-0.2, 0) is 40.7 Å². The van der Waals surface area contributed by atoms with Gasteiger partial charge in [-0.1, -0.05) is 61.9 Å². The normalized spacial score (nSPS) is 19.8. The number of esters is 2. The molecule has 9 heteroatoms. The van der Waals surface area contributed by atoms with Crippen LogP contribution in [0.5, 0.6) is 5.75 Å². The van der Waals surface area contributed by atoms with E-state index in [1.165, 1.54) is 0 Å². The lowest BCUT2D eigenvalue weighted by Gasteiger charge is -2.50. The van der Waals surface area contributed by atoms with E-state index >= 15 is 4.79 Å². The van der Waals surface area contributed by atoms with Gasteiger partial charge in [-0.3, -0.25) is 9.59 Å². The van der Waals surface area contributed by atoms with E-state index in [-0.39, 0.29) is 48.7 Å². The first kappa shape index (κ1) is 32.7. The van der Waals surface area contributed by atoms with E-state index in [9.17, 15) is 14.4 Å². The van der Waals surface area contributed by atoms with Crippen molar-refractivity contribution >= 4 is 35.0 Å². The minimum Gasteiger partial charge on any atom is -0.497 e. The molecule has 248 valence electrons. The van der Waals surface area contributed by atoms with Gasteiger partial charge in [0.1, 0.15) is 5.75 Å².